The van der Waals surface area contributed by atoms with Crippen molar-refractivity contribution < 1.29 is 4.74 Å². The Morgan fingerprint density at radius 2 is 2.14 bits per heavy atom. The Labute approximate surface area is 89.0 Å². The maximum Gasteiger partial charge on any atom is 0.120 e. The van der Waals surface area contributed by atoms with Crippen LogP contribution in [0.25, 0.3) is 0 Å². The van der Waals surface area contributed by atoms with Gasteiger partial charge in [-0.25, -0.2) is 4.99 Å². The topological polar surface area (TPSA) is 24.8 Å². The Bertz CT molecular complexity index is 337. The highest BCUT2D eigenvalue weighted by atomic mass is 35.5. The van der Waals surface area contributed by atoms with Gasteiger partial charge in [0.1, 0.15) is 5.75 Å². The van der Waals surface area contributed by atoms with E-state index < -0.39 is 0 Å². The van der Waals surface area contributed by atoms with E-state index in [0.29, 0.717) is 5.02 Å². The van der Waals surface area contributed by atoms with Crippen LogP contribution in [0.2, 0.25) is 5.02 Å². The Kier molecular flexibility index (Phi) is 3.77. The van der Waals surface area contributed by atoms with E-state index in [0.717, 1.165) is 11.4 Å². The molecule has 3 nitrogen and oxygen atoms in total. The molecule has 0 aliphatic heterocycles. The van der Waals surface area contributed by atoms with Gasteiger partial charge in [-0.15, -0.1) is 0 Å². The minimum atomic E-state index is 0.586. The van der Waals surface area contributed by atoms with Crippen LogP contribution < -0.4 is 4.74 Å². The van der Waals surface area contributed by atoms with Gasteiger partial charge >= 0.3 is 0 Å². The van der Waals surface area contributed by atoms with Crippen molar-refractivity contribution in [3.8, 4) is 5.75 Å². The van der Waals surface area contributed by atoms with Gasteiger partial charge < -0.3 is 9.64 Å². The average molecular weight is 213 g/mol. The number of methoxy groups -OCH3 is 1. The van der Waals surface area contributed by atoms with Crippen molar-refractivity contribution in [1.82, 2.24) is 4.90 Å². The maximum absolute atomic E-state index is 5.98. The molecule has 0 aromatic heterocycles. The van der Waals surface area contributed by atoms with Gasteiger partial charge in [-0.05, 0) is 12.1 Å². The van der Waals surface area contributed by atoms with Gasteiger partial charge in [-0.3, -0.25) is 0 Å². The predicted molar refractivity (Wildman–Crippen MR) is 59.8 cm³/mol. The summed E-state index contributed by atoms with van der Waals surface area (Å²) in [4.78, 5) is 6.04. The molecule has 0 unspecified atom stereocenters. The van der Waals surface area contributed by atoms with Crippen LogP contribution in [0, 0.1) is 0 Å². The summed E-state index contributed by atoms with van der Waals surface area (Å²) in [7, 11) is 5.41. The molecule has 4 heteroatoms. The molecule has 1 aromatic carbocycles. The molecule has 0 radical (unpaired) electrons. The number of hydrogen-bond acceptors (Lipinski definition) is 2. The van der Waals surface area contributed by atoms with Crippen LogP contribution >= 0.6 is 11.6 Å². The molecule has 0 atom stereocenters. The van der Waals surface area contributed by atoms with E-state index in [9.17, 15) is 0 Å². The van der Waals surface area contributed by atoms with E-state index in [1.165, 1.54) is 0 Å². The lowest BCUT2D eigenvalue weighted by molar-refractivity contribution is 0.415. The first-order valence-corrected chi connectivity index (χ1v) is 4.55. The monoisotopic (exact) mass is 212 g/mol. The zero-order valence-electron chi connectivity index (χ0n) is 8.49. The number of aliphatic imine (C=N–C) groups is 1. The van der Waals surface area contributed by atoms with Crippen molar-refractivity contribution in [3.63, 3.8) is 0 Å². The van der Waals surface area contributed by atoms with Crippen LogP contribution in [0.4, 0.5) is 5.69 Å². The van der Waals surface area contributed by atoms with Gasteiger partial charge in [-0.1, -0.05) is 11.6 Å². The first kappa shape index (κ1) is 10.9. The highest BCUT2D eigenvalue weighted by molar-refractivity contribution is 6.33. The standard InChI is InChI=1S/C10H13ClN2O/c1-13(2)7-12-10-5-4-8(14-3)6-9(10)11/h4-7H,1-3H3. The molecule has 0 fully saturated rings. The molecule has 1 aromatic rings. The SMILES string of the molecule is COc1ccc(N=CN(C)C)c(Cl)c1. The highest BCUT2D eigenvalue weighted by Crippen LogP contribution is 2.28. The summed E-state index contributed by atoms with van der Waals surface area (Å²) in [5.41, 5.74) is 0.737. The number of halogens is 1. The van der Waals surface area contributed by atoms with Crippen LogP contribution in [0.3, 0.4) is 0 Å². The molecule has 0 N–H and O–H groups in total. The summed E-state index contributed by atoms with van der Waals surface area (Å²) >= 11 is 5.98. The van der Waals surface area contributed by atoms with Crippen molar-refractivity contribution in [1.29, 1.82) is 0 Å². The van der Waals surface area contributed by atoms with Crippen molar-refractivity contribution >= 4 is 23.6 Å². The van der Waals surface area contributed by atoms with Gasteiger partial charge in [0.05, 0.1) is 24.2 Å². The third-order valence-electron chi connectivity index (χ3n) is 1.58. The average Bonchev–Trinajstić information content (AvgIpc) is 2.15. The van der Waals surface area contributed by atoms with E-state index >= 15 is 0 Å². The number of hydrogen-bond donors (Lipinski definition) is 0. The van der Waals surface area contributed by atoms with E-state index in [1.54, 1.807) is 19.5 Å². The number of nitrogens with zero attached hydrogens (tertiary/aromatic N) is 2. The van der Waals surface area contributed by atoms with Crippen molar-refractivity contribution in [2.75, 3.05) is 21.2 Å². The van der Waals surface area contributed by atoms with Crippen LogP contribution in [0.1, 0.15) is 0 Å². The van der Waals surface area contributed by atoms with Crippen LogP contribution in [0.5, 0.6) is 5.75 Å². The summed E-state index contributed by atoms with van der Waals surface area (Å²) in [6.45, 7) is 0. The summed E-state index contributed by atoms with van der Waals surface area (Å²) in [5, 5.41) is 0.586. The van der Waals surface area contributed by atoms with E-state index in [-0.39, 0.29) is 0 Å². The molecule has 0 amide bonds. The summed E-state index contributed by atoms with van der Waals surface area (Å²) < 4.78 is 5.03. The van der Waals surface area contributed by atoms with Gasteiger partial charge in [0.25, 0.3) is 0 Å². The summed E-state index contributed by atoms with van der Waals surface area (Å²) in [6, 6.07) is 5.39. The molecule has 0 saturated heterocycles. The van der Waals surface area contributed by atoms with E-state index in [4.69, 9.17) is 16.3 Å². The van der Waals surface area contributed by atoms with Crippen LogP contribution in [0.15, 0.2) is 23.2 Å². The van der Waals surface area contributed by atoms with Crippen LogP contribution in [-0.4, -0.2) is 32.4 Å². The summed E-state index contributed by atoms with van der Waals surface area (Å²) in [6.07, 6.45) is 1.70. The van der Waals surface area contributed by atoms with Crippen LogP contribution in [-0.2, 0) is 0 Å². The lowest BCUT2D eigenvalue weighted by atomic mass is 10.3. The molecule has 0 aliphatic carbocycles. The fourth-order valence-electron chi connectivity index (χ4n) is 0.897. The molecular formula is C10H13ClN2O. The molecule has 0 spiro atoms. The number of ether oxygens (including phenoxy) is 1. The minimum Gasteiger partial charge on any atom is -0.497 e. The third-order valence-corrected chi connectivity index (χ3v) is 1.89. The second-order valence-corrected chi connectivity index (χ2v) is 3.43. The molecular weight excluding hydrogens is 200 g/mol. The molecule has 76 valence electrons. The summed E-state index contributed by atoms with van der Waals surface area (Å²) in [5.74, 6) is 0.735. The van der Waals surface area contributed by atoms with Crippen molar-refractivity contribution in [3.05, 3.63) is 23.2 Å². The van der Waals surface area contributed by atoms with Crippen molar-refractivity contribution in [2.45, 2.75) is 0 Å². The fourth-order valence-corrected chi connectivity index (χ4v) is 1.12. The van der Waals surface area contributed by atoms with Gasteiger partial charge in [-0.2, -0.15) is 0 Å². The Morgan fingerprint density at radius 1 is 1.43 bits per heavy atom. The quantitative estimate of drug-likeness (QED) is 0.568. The molecule has 0 heterocycles. The maximum atomic E-state index is 5.98. The Morgan fingerprint density at radius 3 is 2.64 bits per heavy atom. The third kappa shape index (κ3) is 2.92. The predicted octanol–water partition coefficient (Wildman–Crippen LogP) is 2.57. The smallest absolute Gasteiger partial charge is 0.120 e. The minimum absolute atomic E-state index is 0.586. The zero-order valence-corrected chi connectivity index (χ0v) is 9.25. The van der Waals surface area contributed by atoms with Gasteiger partial charge in [0, 0.05) is 20.2 Å². The van der Waals surface area contributed by atoms with E-state index in [1.807, 2.05) is 31.1 Å². The molecule has 14 heavy (non-hydrogen) atoms. The van der Waals surface area contributed by atoms with Gasteiger partial charge in [0.2, 0.25) is 0 Å². The van der Waals surface area contributed by atoms with Gasteiger partial charge in [0.15, 0.2) is 0 Å². The zero-order chi connectivity index (χ0) is 10.6. The largest absolute Gasteiger partial charge is 0.497 e. The molecule has 0 aliphatic rings. The Hall–Kier alpha value is -1.22. The first-order chi connectivity index (χ1) is 6.63. The first-order valence-electron chi connectivity index (χ1n) is 4.17. The van der Waals surface area contributed by atoms with E-state index in [2.05, 4.69) is 4.99 Å². The molecule has 0 bridgehead atoms. The normalized spacial score (nSPS) is 10.6. The second-order valence-electron chi connectivity index (χ2n) is 3.03. The molecule has 0 saturated carbocycles. The molecule has 1 rings (SSSR count). The fraction of sp³-hybridized carbons (Fsp3) is 0.300. The number of benzene rings is 1. The highest BCUT2D eigenvalue weighted by Gasteiger charge is 1.99. The number of rotatable bonds is 3. The Balaban J connectivity index is 2.89. The lowest BCUT2D eigenvalue weighted by Gasteiger charge is -2.04. The lowest BCUT2D eigenvalue weighted by Crippen LogP contribution is -2.06. The van der Waals surface area contributed by atoms with Crippen molar-refractivity contribution in [2.24, 2.45) is 4.99 Å². The second kappa shape index (κ2) is 4.86.